The van der Waals surface area contributed by atoms with Gasteiger partial charge in [-0.05, 0) is 44.5 Å². The highest BCUT2D eigenvalue weighted by molar-refractivity contribution is 6.02. The summed E-state index contributed by atoms with van der Waals surface area (Å²) in [5.41, 5.74) is 1.13. The lowest BCUT2D eigenvalue weighted by Crippen LogP contribution is -2.52. The van der Waals surface area contributed by atoms with E-state index in [1.807, 2.05) is 27.0 Å². The summed E-state index contributed by atoms with van der Waals surface area (Å²) in [4.78, 5) is 42.6. The Morgan fingerprint density at radius 2 is 2.03 bits per heavy atom. The van der Waals surface area contributed by atoms with Gasteiger partial charge in [0.1, 0.15) is 55.0 Å². The molecule has 39 heavy (non-hydrogen) atoms. The highest BCUT2D eigenvalue weighted by Crippen LogP contribution is 2.32. The molecule has 1 N–H and O–H groups in total. The first-order valence-electron chi connectivity index (χ1n) is 13.5. The number of morpholine rings is 1. The smallest absolute Gasteiger partial charge is 0.287 e. The maximum Gasteiger partial charge on any atom is 0.287 e. The normalized spacial score (nSPS) is 26.3. The SMILES string of the molecule is Cc1c(C(=O)N[C@@H](CC(C)C)C(=O)N2C[C@H](F)[C@H]3OCC(=O)[C@H]32)oc2ccc(OCC3CN(C)CCO3)cc12. The van der Waals surface area contributed by atoms with Crippen molar-refractivity contribution in [3.05, 3.63) is 29.5 Å². The van der Waals surface area contributed by atoms with E-state index < -0.39 is 36.2 Å². The van der Waals surface area contributed by atoms with E-state index in [0.29, 0.717) is 36.5 Å². The van der Waals surface area contributed by atoms with Crippen LogP contribution in [0.5, 0.6) is 5.75 Å². The number of likely N-dealkylation sites (N-methyl/N-ethyl adjacent to an activating group) is 1. The number of nitrogens with zero attached hydrogens (tertiary/aromatic N) is 2. The number of nitrogens with one attached hydrogen (secondary N) is 1. The molecule has 2 aromatic rings. The van der Waals surface area contributed by atoms with E-state index in [0.717, 1.165) is 18.5 Å². The molecule has 0 bridgehead atoms. The Morgan fingerprint density at radius 3 is 2.77 bits per heavy atom. The average Bonchev–Trinajstić information content (AvgIpc) is 3.55. The molecule has 10 nitrogen and oxygen atoms in total. The number of amides is 2. The minimum absolute atomic E-state index is 0.0219. The van der Waals surface area contributed by atoms with E-state index in [1.54, 1.807) is 19.1 Å². The monoisotopic (exact) mass is 545 g/mol. The van der Waals surface area contributed by atoms with Crippen LogP contribution in [0, 0.1) is 12.8 Å². The molecule has 5 rings (SSSR count). The Bertz CT molecular complexity index is 1250. The predicted molar refractivity (Wildman–Crippen MR) is 140 cm³/mol. The standard InChI is InChI=1S/C28H36FN3O7/c1-15(2)9-21(28(35)32-12-20(29)26-24(32)22(33)14-38-26)30-27(34)25-16(3)19-10-17(5-6-23(19)39-25)37-13-18-11-31(4)7-8-36-18/h5-6,10,15,18,20-21,24,26H,7-9,11-14H2,1-4H3,(H,30,34)/t18?,20-,21-,24+,26+/m0/s1. The second-order valence-corrected chi connectivity index (χ2v) is 11.1. The Morgan fingerprint density at radius 1 is 1.23 bits per heavy atom. The van der Waals surface area contributed by atoms with Crippen molar-refractivity contribution in [3.8, 4) is 5.75 Å². The number of fused-ring (bicyclic) bond motifs is 2. The second-order valence-electron chi connectivity index (χ2n) is 11.1. The van der Waals surface area contributed by atoms with Gasteiger partial charge >= 0.3 is 0 Å². The van der Waals surface area contributed by atoms with E-state index in [4.69, 9.17) is 18.6 Å². The Labute approximate surface area is 226 Å². The summed E-state index contributed by atoms with van der Waals surface area (Å²) in [7, 11) is 2.05. The van der Waals surface area contributed by atoms with Crippen molar-refractivity contribution >= 4 is 28.6 Å². The molecule has 0 radical (unpaired) electrons. The zero-order valence-corrected chi connectivity index (χ0v) is 22.8. The van der Waals surface area contributed by atoms with E-state index in [2.05, 4.69) is 10.2 Å². The molecule has 5 atom stereocenters. The van der Waals surface area contributed by atoms with Crippen LogP contribution in [0.25, 0.3) is 11.0 Å². The van der Waals surface area contributed by atoms with Gasteiger partial charge < -0.3 is 33.7 Å². The van der Waals surface area contributed by atoms with Crippen molar-refractivity contribution in [3.63, 3.8) is 0 Å². The van der Waals surface area contributed by atoms with E-state index in [-0.39, 0.29) is 36.7 Å². The van der Waals surface area contributed by atoms with Gasteiger partial charge in [-0.25, -0.2) is 4.39 Å². The fourth-order valence-corrected chi connectivity index (χ4v) is 5.60. The third kappa shape index (κ3) is 5.66. The van der Waals surface area contributed by atoms with Gasteiger partial charge in [0.15, 0.2) is 11.5 Å². The fraction of sp³-hybridized carbons (Fsp3) is 0.607. The summed E-state index contributed by atoms with van der Waals surface area (Å²) in [5.74, 6) is -0.591. The number of hydrogen-bond donors (Lipinski definition) is 1. The summed E-state index contributed by atoms with van der Waals surface area (Å²) in [6, 6.07) is 3.45. The molecule has 3 aliphatic heterocycles. The summed E-state index contributed by atoms with van der Waals surface area (Å²) < 4.78 is 37.4. The number of alkyl halides is 1. The maximum absolute atomic E-state index is 14.5. The number of rotatable bonds is 8. The van der Waals surface area contributed by atoms with Crippen molar-refractivity contribution in [2.45, 2.75) is 57.7 Å². The Hall–Kier alpha value is -3.02. The number of aryl methyl sites for hydroxylation is 1. The van der Waals surface area contributed by atoms with Crippen LogP contribution in [0.1, 0.15) is 36.4 Å². The highest BCUT2D eigenvalue weighted by atomic mass is 19.1. The number of ketones is 1. The van der Waals surface area contributed by atoms with Crippen LogP contribution in [0.3, 0.4) is 0 Å². The van der Waals surface area contributed by atoms with Gasteiger partial charge in [-0.3, -0.25) is 14.4 Å². The Kier molecular flexibility index (Phi) is 7.93. The van der Waals surface area contributed by atoms with Crippen LogP contribution in [0.4, 0.5) is 4.39 Å². The highest BCUT2D eigenvalue weighted by Gasteiger charge is 2.53. The molecule has 11 heteroatoms. The molecule has 0 aliphatic carbocycles. The van der Waals surface area contributed by atoms with Crippen LogP contribution >= 0.6 is 0 Å². The minimum atomic E-state index is -1.44. The molecular weight excluding hydrogens is 509 g/mol. The molecule has 1 unspecified atom stereocenters. The average molecular weight is 546 g/mol. The largest absolute Gasteiger partial charge is 0.491 e. The topological polar surface area (TPSA) is 111 Å². The summed E-state index contributed by atoms with van der Waals surface area (Å²) in [6.07, 6.45) is -2.09. The Balaban J connectivity index is 1.30. The van der Waals surface area contributed by atoms with Crippen molar-refractivity contribution in [1.82, 2.24) is 15.1 Å². The van der Waals surface area contributed by atoms with Crippen LogP contribution in [-0.4, -0.2) is 104 Å². The van der Waals surface area contributed by atoms with Crippen molar-refractivity contribution in [1.29, 1.82) is 0 Å². The van der Waals surface area contributed by atoms with Crippen molar-refractivity contribution in [2.24, 2.45) is 5.92 Å². The lowest BCUT2D eigenvalue weighted by Gasteiger charge is -2.29. The number of furan rings is 1. The van der Waals surface area contributed by atoms with E-state index >= 15 is 0 Å². The van der Waals surface area contributed by atoms with E-state index in [9.17, 15) is 18.8 Å². The third-order valence-electron chi connectivity index (χ3n) is 7.61. The molecule has 3 saturated heterocycles. The van der Waals surface area contributed by atoms with Gasteiger partial charge in [-0.2, -0.15) is 0 Å². The lowest BCUT2D eigenvalue weighted by molar-refractivity contribution is -0.138. The molecular formula is C28H36FN3O7. The second kappa shape index (κ2) is 11.2. The van der Waals surface area contributed by atoms with Crippen LogP contribution in [-0.2, 0) is 19.1 Å². The zero-order chi connectivity index (χ0) is 27.8. The molecule has 3 fully saturated rings. The summed E-state index contributed by atoms with van der Waals surface area (Å²) in [6.45, 7) is 7.93. The maximum atomic E-state index is 14.5. The minimum Gasteiger partial charge on any atom is -0.491 e. The number of ether oxygens (including phenoxy) is 3. The van der Waals surface area contributed by atoms with Crippen LogP contribution in [0.2, 0.25) is 0 Å². The molecule has 1 aromatic carbocycles. The first-order valence-corrected chi connectivity index (χ1v) is 13.5. The van der Waals surface area contributed by atoms with Crippen molar-refractivity contribution in [2.75, 3.05) is 46.5 Å². The van der Waals surface area contributed by atoms with Crippen LogP contribution in [0.15, 0.2) is 22.6 Å². The quantitative estimate of drug-likeness (QED) is 0.537. The number of carbonyl (C=O) groups excluding carboxylic acids is 3. The van der Waals surface area contributed by atoms with Gasteiger partial charge in [0.2, 0.25) is 5.91 Å². The third-order valence-corrected chi connectivity index (χ3v) is 7.61. The fourth-order valence-electron chi connectivity index (χ4n) is 5.60. The van der Waals surface area contributed by atoms with Crippen LogP contribution < -0.4 is 10.1 Å². The number of benzene rings is 1. The number of likely N-dealkylation sites (tertiary alicyclic amines) is 1. The predicted octanol–water partition coefficient (Wildman–Crippen LogP) is 2.11. The van der Waals surface area contributed by atoms with E-state index in [1.165, 1.54) is 4.90 Å². The molecule has 0 spiro atoms. The van der Waals surface area contributed by atoms with Gasteiger partial charge in [0, 0.05) is 24.0 Å². The molecule has 212 valence electrons. The number of Topliss-reactive ketones (excluding diaryl/α,β-unsaturated/α-hetero) is 1. The molecule has 0 saturated carbocycles. The number of carbonyl (C=O) groups is 3. The molecule has 1 aromatic heterocycles. The zero-order valence-electron chi connectivity index (χ0n) is 22.8. The lowest BCUT2D eigenvalue weighted by atomic mass is 10.0. The first kappa shape index (κ1) is 27.5. The summed E-state index contributed by atoms with van der Waals surface area (Å²) >= 11 is 0. The number of halogens is 1. The molecule has 2 amide bonds. The molecule has 3 aliphatic rings. The number of hydrogen-bond acceptors (Lipinski definition) is 8. The summed E-state index contributed by atoms with van der Waals surface area (Å²) in [5, 5.41) is 3.51. The first-order chi connectivity index (χ1) is 18.6. The molecule has 4 heterocycles. The van der Waals surface area contributed by atoms with Gasteiger partial charge in [-0.1, -0.05) is 13.8 Å². The van der Waals surface area contributed by atoms with Crippen molar-refractivity contribution < 1.29 is 37.4 Å². The van der Waals surface area contributed by atoms with Gasteiger partial charge in [0.25, 0.3) is 5.91 Å². The van der Waals surface area contributed by atoms with Gasteiger partial charge in [-0.15, -0.1) is 0 Å². The van der Waals surface area contributed by atoms with Gasteiger partial charge in [0.05, 0.1) is 13.2 Å².